The largest absolute Gasteiger partial charge is 0.396 e. The third kappa shape index (κ3) is 0.927. The molecule has 0 aromatic carbocycles. The van der Waals surface area contributed by atoms with Crippen LogP contribution in [0.15, 0.2) is 0 Å². The number of halogens is 3. The molecule has 0 aliphatic heterocycles. The molecule has 1 fully saturated rings. The molecule has 0 bridgehead atoms. The molecule has 1 N–H and O–H groups in total. The standard InChI is InChI=1S/C6H9BrCl2O/c1-5(3-7)4(2-10)6(5,8)9/h4,10H,2-3H2,1H3. The lowest BCUT2D eigenvalue weighted by molar-refractivity contribution is 0.258. The van der Waals surface area contributed by atoms with E-state index in [0.717, 1.165) is 5.33 Å². The first-order valence-corrected chi connectivity index (χ1v) is 4.93. The van der Waals surface area contributed by atoms with E-state index in [1.807, 2.05) is 6.92 Å². The minimum absolute atomic E-state index is 0.0164. The van der Waals surface area contributed by atoms with Crippen LogP contribution in [0.5, 0.6) is 0 Å². The summed E-state index contributed by atoms with van der Waals surface area (Å²) in [5, 5.41) is 9.55. The van der Waals surface area contributed by atoms with Crippen LogP contribution in [0.2, 0.25) is 0 Å². The van der Waals surface area contributed by atoms with Crippen LogP contribution in [0.1, 0.15) is 6.92 Å². The second-order valence-electron chi connectivity index (χ2n) is 2.91. The summed E-state index contributed by atoms with van der Waals surface area (Å²) < 4.78 is -0.731. The van der Waals surface area contributed by atoms with Gasteiger partial charge in [-0.1, -0.05) is 22.9 Å². The van der Waals surface area contributed by atoms with E-state index in [1.54, 1.807) is 0 Å². The fourth-order valence-corrected chi connectivity index (χ4v) is 3.24. The number of aliphatic hydroxyl groups is 1. The van der Waals surface area contributed by atoms with Crippen molar-refractivity contribution in [3.63, 3.8) is 0 Å². The molecular formula is C6H9BrCl2O. The van der Waals surface area contributed by atoms with Crippen LogP contribution in [-0.4, -0.2) is 21.4 Å². The summed E-state index contributed by atoms with van der Waals surface area (Å²) >= 11 is 15.1. The molecule has 0 aromatic heterocycles. The van der Waals surface area contributed by atoms with Crippen molar-refractivity contribution in [1.29, 1.82) is 0 Å². The van der Waals surface area contributed by atoms with Crippen LogP contribution in [0, 0.1) is 11.3 Å². The molecule has 1 aliphatic rings. The van der Waals surface area contributed by atoms with Crippen molar-refractivity contribution in [2.24, 2.45) is 11.3 Å². The Morgan fingerprint density at radius 1 is 1.60 bits per heavy atom. The van der Waals surface area contributed by atoms with E-state index >= 15 is 0 Å². The van der Waals surface area contributed by atoms with E-state index in [-0.39, 0.29) is 17.9 Å². The Bertz CT molecular complexity index is 151. The minimum Gasteiger partial charge on any atom is -0.396 e. The highest BCUT2D eigenvalue weighted by Gasteiger charge is 2.71. The van der Waals surface area contributed by atoms with Crippen molar-refractivity contribution in [2.45, 2.75) is 11.3 Å². The molecule has 10 heavy (non-hydrogen) atoms. The van der Waals surface area contributed by atoms with Crippen LogP contribution in [0.4, 0.5) is 0 Å². The highest BCUT2D eigenvalue weighted by Crippen LogP contribution is 2.69. The quantitative estimate of drug-likeness (QED) is 0.742. The lowest BCUT2D eigenvalue weighted by atomic mass is 10.1. The van der Waals surface area contributed by atoms with Crippen molar-refractivity contribution in [2.75, 3.05) is 11.9 Å². The summed E-state index contributed by atoms with van der Waals surface area (Å²) in [4.78, 5) is 0. The van der Waals surface area contributed by atoms with Gasteiger partial charge in [0.25, 0.3) is 0 Å². The van der Waals surface area contributed by atoms with Crippen molar-refractivity contribution < 1.29 is 5.11 Å². The molecule has 2 atom stereocenters. The molecule has 60 valence electrons. The molecule has 0 saturated heterocycles. The Kier molecular flexibility index (Phi) is 2.29. The number of hydrogen-bond donors (Lipinski definition) is 1. The zero-order valence-electron chi connectivity index (χ0n) is 5.57. The predicted molar refractivity (Wildman–Crippen MR) is 46.9 cm³/mol. The summed E-state index contributed by atoms with van der Waals surface area (Å²) in [5.41, 5.74) is -0.148. The average Bonchev–Trinajstić information content (AvgIpc) is 2.29. The molecule has 0 radical (unpaired) electrons. The fraction of sp³-hybridized carbons (Fsp3) is 1.00. The third-order valence-electron chi connectivity index (χ3n) is 2.35. The van der Waals surface area contributed by atoms with Gasteiger partial charge in [-0.25, -0.2) is 0 Å². The van der Waals surface area contributed by atoms with Crippen molar-refractivity contribution >= 4 is 39.1 Å². The van der Waals surface area contributed by atoms with E-state index in [1.165, 1.54) is 0 Å². The monoisotopic (exact) mass is 246 g/mol. The maximum Gasteiger partial charge on any atom is 0.130 e. The number of rotatable bonds is 2. The first-order valence-electron chi connectivity index (χ1n) is 3.05. The summed E-state index contributed by atoms with van der Waals surface area (Å²) in [7, 11) is 0. The smallest absolute Gasteiger partial charge is 0.130 e. The predicted octanol–water partition coefficient (Wildman–Crippen LogP) is 2.18. The van der Waals surface area contributed by atoms with Gasteiger partial charge in [0.15, 0.2) is 0 Å². The van der Waals surface area contributed by atoms with Crippen LogP contribution < -0.4 is 0 Å². The zero-order valence-corrected chi connectivity index (χ0v) is 8.67. The summed E-state index contributed by atoms with van der Waals surface area (Å²) in [6.07, 6.45) is 0. The molecular weight excluding hydrogens is 239 g/mol. The number of alkyl halides is 3. The molecule has 0 spiro atoms. The second kappa shape index (κ2) is 2.51. The van der Waals surface area contributed by atoms with Gasteiger partial charge in [0.1, 0.15) is 4.33 Å². The van der Waals surface area contributed by atoms with E-state index in [0.29, 0.717) is 0 Å². The Hall–Kier alpha value is 1.02. The van der Waals surface area contributed by atoms with Gasteiger partial charge in [0.2, 0.25) is 0 Å². The molecule has 1 saturated carbocycles. The molecule has 1 rings (SSSR count). The topological polar surface area (TPSA) is 20.2 Å². The van der Waals surface area contributed by atoms with Crippen molar-refractivity contribution in [3.05, 3.63) is 0 Å². The van der Waals surface area contributed by atoms with Crippen molar-refractivity contribution in [3.8, 4) is 0 Å². The molecule has 0 heterocycles. The fourth-order valence-electron chi connectivity index (χ4n) is 1.17. The Morgan fingerprint density at radius 2 is 2.10 bits per heavy atom. The Labute approximate surface area is 78.8 Å². The first kappa shape index (κ1) is 9.11. The van der Waals surface area contributed by atoms with Crippen LogP contribution >= 0.6 is 39.1 Å². The van der Waals surface area contributed by atoms with Crippen LogP contribution in [0.3, 0.4) is 0 Å². The molecule has 1 nitrogen and oxygen atoms in total. The van der Waals surface area contributed by atoms with Crippen LogP contribution in [0.25, 0.3) is 0 Å². The SMILES string of the molecule is CC1(CBr)C(CO)C1(Cl)Cl. The summed E-state index contributed by atoms with van der Waals surface area (Å²) in [6, 6.07) is 0. The minimum atomic E-state index is -0.731. The lowest BCUT2D eigenvalue weighted by Gasteiger charge is -2.04. The summed E-state index contributed by atoms with van der Waals surface area (Å²) in [6.45, 7) is 2.03. The molecule has 0 aromatic rings. The molecule has 2 unspecified atom stereocenters. The van der Waals surface area contributed by atoms with Crippen molar-refractivity contribution in [1.82, 2.24) is 0 Å². The van der Waals surface area contributed by atoms with E-state index in [4.69, 9.17) is 28.3 Å². The average molecular weight is 248 g/mol. The number of aliphatic hydroxyl groups excluding tert-OH is 1. The normalized spacial score (nSPS) is 43.5. The number of hydrogen-bond acceptors (Lipinski definition) is 1. The highest BCUT2D eigenvalue weighted by atomic mass is 79.9. The van der Waals surface area contributed by atoms with E-state index in [2.05, 4.69) is 15.9 Å². The van der Waals surface area contributed by atoms with Gasteiger partial charge in [-0.15, -0.1) is 23.2 Å². The first-order chi connectivity index (χ1) is 4.50. The zero-order chi connectivity index (χ0) is 7.99. The van der Waals surface area contributed by atoms with Gasteiger partial charge in [-0.3, -0.25) is 0 Å². The third-order valence-corrected chi connectivity index (χ3v) is 4.90. The Balaban J connectivity index is 2.68. The van der Waals surface area contributed by atoms with Gasteiger partial charge < -0.3 is 5.11 Å². The molecule has 0 amide bonds. The van der Waals surface area contributed by atoms with Gasteiger partial charge in [-0.05, 0) is 0 Å². The van der Waals surface area contributed by atoms with Gasteiger partial charge in [0.05, 0.1) is 0 Å². The molecule has 4 heteroatoms. The van der Waals surface area contributed by atoms with Crippen LogP contribution in [-0.2, 0) is 0 Å². The second-order valence-corrected chi connectivity index (χ2v) is 4.86. The van der Waals surface area contributed by atoms with Gasteiger partial charge in [0, 0.05) is 23.3 Å². The van der Waals surface area contributed by atoms with Gasteiger partial charge in [-0.2, -0.15) is 0 Å². The summed E-state index contributed by atoms with van der Waals surface area (Å²) in [5.74, 6) is 0.0164. The van der Waals surface area contributed by atoms with Gasteiger partial charge >= 0.3 is 0 Å². The maximum atomic E-state index is 8.82. The van der Waals surface area contributed by atoms with E-state index in [9.17, 15) is 0 Å². The van der Waals surface area contributed by atoms with E-state index < -0.39 is 4.33 Å². The maximum absolute atomic E-state index is 8.82. The highest BCUT2D eigenvalue weighted by molar-refractivity contribution is 9.09. The molecule has 1 aliphatic carbocycles. The Morgan fingerprint density at radius 3 is 2.20 bits per heavy atom. The lowest BCUT2D eigenvalue weighted by Crippen LogP contribution is -2.05.